The summed E-state index contributed by atoms with van der Waals surface area (Å²) < 4.78 is 0. The fourth-order valence-corrected chi connectivity index (χ4v) is 1.72. The maximum atomic E-state index is 10.3. The van der Waals surface area contributed by atoms with E-state index < -0.39 is 0 Å². The highest BCUT2D eigenvalue weighted by Gasteiger charge is 1.93. The Balaban J connectivity index is 0. The predicted octanol–water partition coefficient (Wildman–Crippen LogP) is 1.40. The van der Waals surface area contributed by atoms with E-state index >= 15 is 0 Å². The molecule has 0 aromatic heterocycles. The molecular weight excluding hydrogens is 224 g/mol. The number of hydrogen-bond acceptors (Lipinski definition) is 5. The van der Waals surface area contributed by atoms with Crippen LogP contribution in [0.15, 0.2) is 0 Å². The van der Waals surface area contributed by atoms with E-state index in [9.17, 15) is 4.79 Å². The third-order valence-electron chi connectivity index (χ3n) is 0.930. The SMILES string of the molecule is CSCCC(=O)NN.CSCSC. The molecule has 0 aromatic carbocycles. The number of thioether (sulfide) groups is 3. The number of carbonyl (C=O) groups excluding carboxylic acids is 1. The first kappa shape index (κ1) is 15.9. The Morgan fingerprint density at radius 3 is 2.00 bits per heavy atom. The predicted molar refractivity (Wildman–Crippen MR) is 67.2 cm³/mol. The van der Waals surface area contributed by atoms with Crippen molar-refractivity contribution in [3.8, 4) is 0 Å². The van der Waals surface area contributed by atoms with Crippen molar-refractivity contribution in [2.45, 2.75) is 6.42 Å². The molecule has 0 aliphatic rings. The van der Waals surface area contributed by atoms with E-state index in [-0.39, 0.29) is 5.91 Å². The molecule has 80 valence electrons. The van der Waals surface area contributed by atoms with E-state index in [4.69, 9.17) is 5.84 Å². The standard InChI is InChI=1S/C4H10N2OS.C3H8S2/c1-8-3-2-4(7)6-5;1-4-3-5-2/h2-3,5H2,1H3,(H,6,7);3H2,1-2H3. The van der Waals surface area contributed by atoms with Gasteiger partial charge in [-0.1, -0.05) is 0 Å². The van der Waals surface area contributed by atoms with E-state index in [2.05, 4.69) is 12.5 Å². The van der Waals surface area contributed by atoms with Crippen LogP contribution >= 0.6 is 35.3 Å². The highest BCUT2D eigenvalue weighted by molar-refractivity contribution is 8.15. The zero-order valence-corrected chi connectivity index (χ0v) is 10.8. The largest absolute Gasteiger partial charge is 0.294 e. The van der Waals surface area contributed by atoms with Gasteiger partial charge < -0.3 is 0 Å². The number of nitrogens with two attached hydrogens (primary N) is 1. The molecule has 0 unspecified atom stereocenters. The summed E-state index contributed by atoms with van der Waals surface area (Å²) in [5.41, 5.74) is 2.05. The average molecular weight is 242 g/mol. The number of rotatable bonds is 5. The van der Waals surface area contributed by atoms with Crippen LogP contribution in [-0.4, -0.2) is 35.5 Å². The van der Waals surface area contributed by atoms with E-state index in [0.29, 0.717) is 6.42 Å². The molecule has 3 nitrogen and oxygen atoms in total. The summed E-state index contributed by atoms with van der Waals surface area (Å²) in [5, 5.41) is 1.22. The number of hydrazine groups is 1. The Labute approximate surface area is 93.3 Å². The van der Waals surface area contributed by atoms with Gasteiger partial charge in [0.2, 0.25) is 5.91 Å². The Morgan fingerprint density at radius 2 is 1.77 bits per heavy atom. The van der Waals surface area contributed by atoms with Crippen LogP contribution in [-0.2, 0) is 4.79 Å². The molecule has 0 aliphatic carbocycles. The summed E-state index contributed by atoms with van der Waals surface area (Å²) >= 11 is 5.36. The Kier molecular flexibility index (Phi) is 18.4. The topological polar surface area (TPSA) is 55.1 Å². The average Bonchev–Trinajstić information content (AvgIpc) is 2.16. The van der Waals surface area contributed by atoms with Crippen LogP contribution in [0.2, 0.25) is 0 Å². The smallest absolute Gasteiger partial charge is 0.234 e. The molecule has 0 fully saturated rings. The first-order valence-electron chi connectivity index (χ1n) is 3.69. The summed E-state index contributed by atoms with van der Waals surface area (Å²) in [6.45, 7) is 0. The van der Waals surface area contributed by atoms with Gasteiger partial charge in [0.15, 0.2) is 0 Å². The van der Waals surface area contributed by atoms with Crippen molar-refractivity contribution in [1.29, 1.82) is 0 Å². The van der Waals surface area contributed by atoms with E-state index in [1.807, 2.05) is 35.2 Å². The lowest BCUT2D eigenvalue weighted by molar-refractivity contribution is -0.120. The van der Waals surface area contributed by atoms with Gasteiger partial charge in [0.1, 0.15) is 0 Å². The number of hydrogen-bond donors (Lipinski definition) is 2. The first-order chi connectivity index (χ1) is 6.22. The summed E-state index contributed by atoms with van der Waals surface area (Å²) in [6, 6.07) is 0. The van der Waals surface area contributed by atoms with Gasteiger partial charge >= 0.3 is 0 Å². The van der Waals surface area contributed by atoms with Gasteiger partial charge in [-0.05, 0) is 18.8 Å². The monoisotopic (exact) mass is 242 g/mol. The van der Waals surface area contributed by atoms with Crippen molar-refractivity contribution in [3.05, 3.63) is 0 Å². The van der Waals surface area contributed by atoms with Crippen molar-refractivity contribution in [1.82, 2.24) is 5.43 Å². The third-order valence-corrected chi connectivity index (χ3v) is 3.43. The zero-order valence-electron chi connectivity index (χ0n) is 8.33. The number of nitrogens with one attached hydrogen (secondary N) is 1. The quantitative estimate of drug-likeness (QED) is 0.330. The summed E-state index contributed by atoms with van der Waals surface area (Å²) in [6.07, 6.45) is 6.68. The summed E-state index contributed by atoms with van der Waals surface area (Å²) in [4.78, 5) is 10.3. The van der Waals surface area contributed by atoms with E-state index in [1.54, 1.807) is 11.8 Å². The van der Waals surface area contributed by atoms with Gasteiger partial charge in [0.05, 0.1) is 0 Å². The lowest BCUT2D eigenvalue weighted by atomic mass is 10.5. The third kappa shape index (κ3) is 19.1. The van der Waals surface area contributed by atoms with Crippen molar-refractivity contribution in [2.75, 3.05) is 29.6 Å². The minimum Gasteiger partial charge on any atom is -0.294 e. The molecule has 1 amide bonds. The Hall–Kier alpha value is 0.480. The second kappa shape index (κ2) is 15.0. The van der Waals surface area contributed by atoms with Crippen LogP contribution in [0.25, 0.3) is 0 Å². The van der Waals surface area contributed by atoms with Crippen LogP contribution < -0.4 is 11.3 Å². The molecule has 3 N–H and O–H groups in total. The van der Waals surface area contributed by atoms with E-state index in [1.165, 1.54) is 5.08 Å². The fourth-order valence-electron chi connectivity index (χ4n) is 0.385. The molecule has 0 aliphatic heterocycles. The molecule has 0 rings (SSSR count). The van der Waals surface area contributed by atoms with Gasteiger partial charge in [-0.2, -0.15) is 35.3 Å². The molecule has 13 heavy (non-hydrogen) atoms. The molecule has 0 heterocycles. The van der Waals surface area contributed by atoms with Gasteiger partial charge in [-0.15, -0.1) is 0 Å². The van der Waals surface area contributed by atoms with Crippen LogP contribution in [0.3, 0.4) is 0 Å². The lowest BCUT2D eigenvalue weighted by Gasteiger charge is -1.93. The summed E-state index contributed by atoms with van der Waals surface area (Å²) in [5.74, 6) is 5.54. The van der Waals surface area contributed by atoms with Crippen molar-refractivity contribution in [3.63, 3.8) is 0 Å². The fraction of sp³-hybridized carbons (Fsp3) is 0.857. The van der Waals surface area contributed by atoms with Gasteiger partial charge in [-0.3, -0.25) is 10.2 Å². The van der Waals surface area contributed by atoms with Gasteiger partial charge in [0, 0.05) is 17.3 Å². The molecule has 0 saturated heterocycles. The number of carbonyl (C=O) groups is 1. The molecule has 0 radical (unpaired) electrons. The van der Waals surface area contributed by atoms with Gasteiger partial charge in [0.25, 0.3) is 0 Å². The Morgan fingerprint density at radius 1 is 1.23 bits per heavy atom. The van der Waals surface area contributed by atoms with Crippen LogP contribution in [0, 0.1) is 0 Å². The van der Waals surface area contributed by atoms with Crippen molar-refractivity contribution in [2.24, 2.45) is 5.84 Å². The lowest BCUT2D eigenvalue weighted by Crippen LogP contribution is -2.30. The summed E-state index contributed by atoms with van der Waals surface area (Å²) in [7, 11) is 0. The minimum atomic E-state index is -0.0978. The van der Waals surface area contributed by atoms with Gasteiger partial charge in [-0.25, -0.2) is 5.84 Å². The molecule has 0 atom stereocenters. The molecular formula is C7H18N2OS3. The molecule has 6 heteroatoms. The first-order valence-corrected chi connectivity index (χ1v) is 7.87. The second-order valence-corrected chi connectivity index (χ2v) is 5.09. The second-order valence-electron chi connectivity index (χ2n) is 2.01. The van der Waals surface area contributed by atoms with Crippen molar-refractivity contribution < 1.29 is 4.79 Å². The molecule has 0 bridgehead atoms. The number of amides is 1. The highest BCUT2D eigenvalue weighted by atomic mass is 32.2. The maximum absolute atomic E-state index is 10.3. The highest BCUT2D eigenvalue weighted by Crippen LogP contribution is 2.01. The van der Waals surface area contributed by atoms with Crippen LogP contribution in [0.4, 0.5) is 0 Å². The van der Waals surface area contributed by atoms with Crippen LogP contribution in [0.5, 0.6) is 0 Å². The van der Waals surface area contributed by atoms with E-state index in [0.717, 1.165) is 5.75 Å². The Bertz CT molecular complexity index is 112. The maximum Gasteiger partial charge on any atom is 0.234 e. The molecule has 0 saturated carbocycles. The molecule has 0 spiro atoms. The zero-order chi connectivity index (χ0) is 10.5. The normalized spacial score (nSPS) is 8.62. The van der Waals surface area contributed by atoms with Crippen molar-refractivity contribution >= 4 is 41.2 Å². The van der Waals surface area contributed by atoms with Crippen LogP contribution in [0.1, 0.15) is 6.42 Å². The minimum absolute atomic E-state index is 0.0978. The molecule has 0 aromatic rings.